The van der Waals surface area contributed by atoms with Gasteiger partial charge in [0.25, 0.3) is 0 Å². The summed E-state index contributed by atoms with van der Waals surface area (Å²) in [7, 11) is 9.78. The molecule has 0 amide bonds. The SMILES string of the molecule is Oc1c(C=Nc2ccccc2)cccc1C1CCCCC1.[Cl][Ti][Cl]. The number of benzene rings is 2. The van der Waals surface area contributed by atoms with Crippen LogP contribution >= 0.6 is 18.6 Å². The van der Waals surface area contributed by atoms with Gasteiger partial charge in [0.1, 0.15) is 5.75 Å². The minimum absolute atomic E-state index is 0.407. The van der Waals surface area contributed by atoms with Crippen molar-refractivity contribution in [1.29, 1.82) is 0 Å². The van der Waals surface area contributed by atoms with Crippen LogP contribution in [0, 0.1) is 0 Å². The summed E-state index contributed by atoms with van der Waals surface area (Å²) in [5, 5.41) is 10.5. The van der Waals surface area contributed by atoms with Crippen LogP contribution in [0.25, 0.3) is 0 Å². The molecule has 5 heteroatoms. The van der Waals surface area contributed by atoms with Crippen LogP contribution in [0.5, 0.6) is 5.75 Å². The second-order valence-electron chi connectivity index (χ2n) is 5.79. The van der Waals surface area contributed by atoms with Crippen molar-refractivity contribution < 1.29 is 22.1 Å². The van der Waals surface area contributed by atoms with Crippen LogP contribution in [0.15, 0.2) is 53.5 Å². The average molecular weight is 398 g/mol. The van der Waals surface area contributed by atoms with Crippen molar-refractivity contribution in [3.05, 3.63) is 59.7 Å². The molecule has 0 heterocycles. The number of aliphatic imine (C=N–C) groups is 1. The number of halogens is 2. The van der Waals surface area contributed by atoms with Crippen LogP contribution in [-0.2, 0) is 17.0 Å². The standard InChI is InChI=1S/C19H21NO.2ClH.Ti/c21-19-16(14-20-17-11-5-2-6-12-17)10-7-13-18(19)15-8-3-1-4-9-15;;;/h2,5-7,10-15,21H,1,3-4,8-9H2;2*1H;/q;;;+2/p-2. The molecule has 3 rings (SSSR count). The third-order valence-electron chi connectivity index (χ3n) is 4.25. The molecule has 24 heavy (non-hydrogen) atoms. The van der Waals surface area contributed by atoms with Crippen LogP contribution in [-0.4, -0.2) is 11.3 Å². The summed E-state index contributed by atoms with van der Waals surface area (Å²) < 4.78 is 0. The summed E-state index contributed by atoms with van der Waals surface area (Å²) in [6.45, 7) is 0. The third kappa shape index (κ3) is 5.93. The molecule has 1 saturated carbocycles. The molecule has 2 aromatic rings. The first-order valence-corrected chi connectivity index (χ1v) is 12.4. The Hall–Kier alpha value is -0.796. The van der Waals surface area contributed by atoms with Gasteiger partial charge in [-0.1, -0.05) is 49.6 Å². The Morgan fingerprint density at radius 2 is 1.62 bits per heavy atom. The summed E-state index contributed by atoms with van der Waals surface area (Å²) >= 11 is -0.556. The van der Waals surface area contributed by atoms with Crippen molar-refractivity contribution in [3.8, 4) is 5.75 Å². The van der Waals surface area contributed by atoms with Crippen molar-refractivity contribution in [2.75, 3.05) is 0 Å². The number of rotatable bonds is 3. The Bertz CT molecular complexity index is 643. The number of hydrogen-bond acceptors (Lipinski definition) is 2. The topological polar surface area (TPSA) is 32.6 Å². The molecule has 0 aliphatic heterocycles. The van der Waals surface area contributed by atoms with E-state index in [0.29, 0.717) is 11.7 Å². The molecule has 0 radical (unpaired) electrons. The second-order valence-corrected chi connectivity index (χ2v) is 8.36. The van der Waals surface area contributed by atoms with E-state index in [0.717, 1.165) is 16.8 Å². The molecule has 0 bridgehead atoms. The van der Waals surface area contributed by atoms with Crippen LogP contribution in [0.4, 0.5) is 5.69 Å². The third-order valence-corrected chi connectivity index (χ3v) is 4.25. The molecule has 2 nitrogen and oxygen atoms in total. The van der Waals surface area contributed by atoms with Crippen molar-refractivity contribution >= 4 is 30.5 Å². The first-order chi connectivity index (χ1) is 11.8. The normalized spacial score (nSPS) is 14.9. The van der Waals surface area contributed by atoms with Gasteiger partial charge in [-0.3, -0.25) is 4.99 Å². The molecule has 1 aliphatic rings. The predicted molar refractivity (Wildman–Crippen MR) is 99.3 cm³/mol. The van der Waals surface area contributed by atoms with Gasteiger partial charge in [-0.15, -0.1) is 0 Å². The Kier molecular flexibility index (Phi) is 8.90. The number of phenols is 1. The van der Waals surface area contributed by atoms with Gasteiger partial charge in [0.05, 0.1) is 5.69 Å². The molecule has 2 aromatic carbocycles. The van der Waals surface area contributed by atoms with Gasteiger partial charge in [0, 0.05) is 11.8 Å². The van der Waals surface area contributed by atoms with Crippen LogP contribution in [0.2, 0.25) is 0 Å². The van der Waals surface area contributed by atoms with Gasteiger partial charge in [-0.2, -0.15) is 0 Å². The van der Waals surface area contributed by atoms with Gasteiger partial charge in [-0.25, -0.2) is 0 Å². The Morgan fingerprint density at radius 1 is 0.958 bits per heavy atom. The quantitative estimate of drug-likeness (QED) is 0.461. The Balaban J connectivity index is 0.000000647. The van der Waals surface area contributed by atoms with E-state index >= 15 is 0 Å². The van der Waals surface area contributed by atoms with Crippen molar-refractivity contribution in [2.24, 2.45) is 4.99 Å². The average Bonchev–Trinajstić information content (AvgIpc) is 2.63. The molecular weight excluding hydrogens is 377 g/mol. The number of hydrogen-bond donors (Lipinski definition) is 1. The molecule has 1 N–H and O–H groups in total. The van der Waals surface area contributed by atoms with Gasteiger partial charge in [0.15, 0.2) is 0 Å². The fraction of sp³-hybridized carbons (Fsp3) is 0.316. The van der Waals surface area contributed by atoms with E-state index < -0.39 is 17.0 Å². The van der Waals surface area contributed by atoms with Gasteiger partial charge >= 0.3 is 35.6 Å². The van der Waals surface area contributed by atoms with Crippen LogP contribution in [0.3, 0.4) is 0 Å². The van der Waals surface area contributed by atoms with E-state index in [1.165, 1.54) is 32.1 Å². The van der Waals surface area contributed by atoms with Gasteiger partial charge < -0.3 is 5.11 Å². The maximum atomic E-state index is 10.5. The molecule has 0 atom stereocenters. The van der Waals surface area contributed by atoms with E-state index in [1.807, 2.05) is 42.5 Å². The summed E-state index contributed by atoms with van der Waals surface area (Å²) in [6.07, 6.45) is 8.00. The maximum absolute atomic E-state index is 10.5. The summed E-state index contributed by atoms with van der Waals surface area (Å²) in [5.41, 5.74) is 2.80. The van der Waals surface area contributed by atoms with Crippen LogP contribution < -0.4 is 0 Å². The zero-order valence-corrected chi connectivity index (χ0v) is 16.5. The first kappa shape index (κ1) is 19.5. The molecule has 0 saturated heterocycles. The predicted octanol–water partition coefficient (Wildman–Crippen LogP) is 6.57. The Morgan fingerprint density at radius 3 is 2.29 bits per heavy atom. The minimum atomic E-state index is -0.556. The van der Waals surface area contributed by atoms with E-state index in [2.05, 4.69) is 11.1 Å². The number of phenolic OH excluding ortho intramolecular Hbond substituents is 1. The summed E-state index contributed by atoms with van der Waals surface area (Å²) in [5.74, 6) is 0.910. The first-order valence-electron chi connectivity index (χ1n) is 8.13. The van der Waals surface area contributed by atoms with Gasteiger partial charge in [-0.05, 0) is 42.5 Å². The zero-order chi connectivity index (χ0) is 17.2. The molecular formula is C19H21Cl2NOTi. The molecule has 126 valence electrons. The van der Waals surface area contributed by atoms with E-state index in [4.69, 9.17) is 18.6 Å². The fourth-order valence-electron chi connectivity index (χ4n) is 3.09. The fourth-order valence-corrected chi connectivity index (χ4v) is 3.09. The number of nitrogens with zero attached hydrogens (tertiary/aromatic N) is 1. The summed E-state index contributed by atoms with van der Waals surface area (Å²) in [4.78, 5) is 4.44. The molecule has 0 unspecified atom stereocenters. The van der Waals surface area contributed by atoms with Gasteiger partial charge in [0.2, 0.25) is 0 Å². The summed E-state index contributed by atoms with van der Waals surface area (Å²) in [6, 6.07) is 15.8. The van der Waals surface area contributed by atoms with Crippen molar-refractivity contribution in [2.45, 2.75) is 38.0 Å². The number of para-hydroxylation sites is 2. The molecule has 1 fully saturated rings. The van der Waals surface area contributed by atoms with E-state index in [-0.39, 0.29) is 0 Å². The van der Waals surface area contributed by atoms with E-state index in [9.17, 15) is 5.11 Å². The van der Waals surface area contributed by atoms with E-state index in [1.54, 1.807) is 6.21 Å². The number of aromatic hydroxyl groups is 1. The van der Waals surface area contributed by atoms with Crippen LogP contribution in [0.1, 0.15) is 49.1 Å². The second kappa shape index (κ2) is 10.9. The Labute approximate surface area is 160 Å². The molecule has 1 aliphatic carbocycles. The monoisotopic (exact) mass is 397 g/mol. The van der Waals surface area contributed by atoms with Crippen molar-refractivity contribution in [3.63, 3.8) is 0 Å². The van der Waals surface area contributed by atoms with Crippen molar-refractivity contribution in [1.82, 2.24) is 0 Å². The molecule has 0 aromatic heterocycles. The molecule has 0 spiro atoms. The zero-order valence-electron chi connectivity index (χ0n) is 13.5.